The van der Waals surface area contributed by atoms with Gasteiger partial charge < -0.3 is 0 Å². The Balaban J connectivity index is 1.85. The van der Waals surface area contributed by atoms with Crippen LogP contribution in [0.5, 0.6) is 0 Å². The summed E-state index contributed by atoms with van der Waals surface area (Å²) in [6.45, 7) is 0. The van der Waals surface area contributed by atoms with Crippen LogP contribution in [0, 0.1) is 0 Å². The lowest BCUT2D eigenvalue weighted by Crippen LogP contribution is -1.86. The first kappa shape index (κ1) is 13.7. The number of hydrogen-bond donors (Lipinski definition) is 0. The molecular formula is C12H18Br2S. The third-order valence-corrected chi connectivity index (χ3v) is 4.28. The number of rotatable bonds is 8. The first-order valence-electron chi connectivity index (χ1n) is 5.59. The number of alkyl halides is 2. The van der Waals surface area contributed by atoms with Gasteiger partial charge in [0.15, 0.2) is 0 Å². The maximum atomic E-state index is 3.50. The standard InChI is InChI=1S/C12H18Br2S/c13-12(14)9-5-3-1-2-4-7-11-8-6-10-15-11/h6,8,10,12H,1-5,7,9H2. The van der Waals surface area contributed by atoms with E-state index < -0.39 is 0 Å². The second-order valence-corrected chi connectivity index (χ2v) is 8.25. The Bertz CT molecular complexity index is 232. The minimum atomic E-state index is 0.510. The second kappa shape index (κ2) is 8.77. The van der Waals surface area contributed by atoms with Crippen molar-refractivity contribution in [2.45, 2.75) is 48.7 Å². The molecule has 0 amide bonds. The van der Waals surface area contributed by atoms with Crippen LogP contribution in [-0.2, 0) is 6.42 Å². The Morgan fingerprint density at radius 3 is 2.47 bits per heavy atom. The highest BCUT2D eigenvalue weighted by Crippen LogP contribution is 2.18. The van der Waals surface area contributed by atoms with Crippen LogP contribution < -0.4 is 0 Å². The van der Waals surface area contributed by atoms with Gasteiger partial charge in [-0.15, -0.1) is 11.3 Å². The van der Waals surface area contributed by atoms with Crippen LogP contribution in [0.2, 0.25) is 0 Å². The van der Waals surface area contributed by atoms with E-state index in [9.17, 15) is 0 Å². The zero-order valence-electron chi connectivity index (χ0n) is 8.92. The molecule has 1 aromatic heterocycles. The Labute approximate surface area is 114 Å². The maximum absolute atomic E-state index is 3.50. The minimum Gasteiger partial charge on any atom is -0.149 e. The molecular weight excluding hydrogens is 336 g/mol. The van der Waals surface area contributed by atoms with Crippen molar-refractivity contribution in [3.63, 3.8) is 0 Å². The summed E-state index contributed by atoms with van der Waals surface area (Å²) in [7, 11) is 0. The molecule has 0 spiro atoms. The van der Waals surface area contributed by atoms with Crippen LogP contribution in [0.25, 0.3) is 0 Å². The van der Waals surface area contributed by atoms with E-state index in [1.54, 1.807) is 0 Å². The van der Waals surface area contributed by atoms with Gasteiger partial charge in [-0.3, -0.25) is 0 Å². The molecule has 0 N–H and O–H groups in total. The van der Waals surface area contributed by atoms with Gasteiger partial charge in [-0.05, 0) is 30.7 Å². The highest BCUT2D eigenvalue weighted by atomic mass is 79.9. The van der Waals surface area contributed by atoms with Crippen molar-refractivity contribution >= 4 is 43.2 Å². The van der Waals surface area contributed by atoms with Crippen molar-refractivity contribution in [2.24, 2.45) is 0 Å². The van der Waals surface area contributed by atoms with Gasteiger partial charge in [0.2, 0.25) is 0 Å². The molecule has 0 aliphatic carbocycles. The van der Waals surface area contributed by atoms with Gasteiger partial charge in [-0.25, -0.2) is 0 Å². The molecule has 1 heterocycles. The SMILES string of the molecule is BrC(Br)CCCCCCCc1cccs1. The Morgan fingerprint density at radius 1 is 1.07 bits per heavy atom. The van der Waals surface area contributed by atoms with Gasteiger partial charge in [0.1, 0.15) is 0 Å². The largest absolute Gasteiger partial charge is 0.149 e. The van der Waals surface area contributed by atoms with Crippen molar-refractivity contribution in [3.05, 3.63) is 22.4 Å². The van der Waals surface area contributed by atoms with Crippen LogP contribution in [0.4, 0.5) is 0 Å². The van der Waals surface area contributed by atoms with E-state index in [0.29, 0.717) is 3.74 Å². The molecule has 1 rings (SSSR count). The van der Waals surface area contributed by atoms with Crippen LogP contribution >= 0.6 is 43.2 Å². The molecule has 0 saturated carbocycles. The number of unbranched alkanes of at least 4 members (excludes halogenated alkanes) is 4. The molecule has 0 radical (unpaired) electrons. The van der Waals surface area contributed by atoms with Gasteiger partial charge in [-0.2, -0.15) is 0 Å². The normalized spacial score (nSPS) is 11.1. The first-order valence-corrected chi connectivity index (χ1v) is 8.30. The summed E-state index contributed by atoms with van der Waals surface area (Å²) in [5.41, 5.74) is 0. The van der Waals surface area contributed by atoms with Crippen LogP contribution in [-0.4, -0.2) is 3.74 Å². The molecule has 3 heteroatoms. The highest BCUT2D eigenvalue weighted by Gasteiger charge is 1.97. The fraction of sp³-hybridized carbons (Fsp3) is 0.667. The molecule has 15 heavy (non-hydrogen) atoms. The van der Waals surface area contributed by atoms with Crippen LogP contribution in [0.3, 0.4) is 0 Å². The van der Waals surface area contributed by atoms with Crippen LogP contribution in [0.15, 0.2) is 17.5 Å². The Morgan fingerprint density at radius 2 is 1.80 bits per heavy atom. The van der Waals surface area contributed by atoms with E-state index in [4.69, 9.17) is 0 Å². The predicted octanol–water partition coefficient (Wildman–Crippen LogP) is 5.75. The summed E-state index contributed by atoms with van der Waals surface area (Å²) in [6.07, 6.45) is 9.35. The van der Waals surface area contributed by atoms with Crippen molar-refractivity contribution in [3.8, 4) is 0 Å². The number of halogens is 2. The third-order valence-electron chi connectivity index (χ3n) is 2.43. The number of aryl methyl sites for hydroxylation is 1. The average Bonchev–Trinajstić information content (AvgIpc) is 2.68. The lowest BCUT2D eigenvalue weighted by Gasteiger charge is -2.02. The summed E-state index contributed by atoms with van der Waals surface area (Å²) < 4.78 is 0.510. The van der Waals surface area contributed by atoms with Gasteiger partial charge in [0.25, 0.3) is 0 Å². The van der Waals surface area contributed by atoms with E-state index in [-0.39, 0.29) is 0 Å². The van der Waals surface area contributed by atoms with E-state index in [1.165, 1.54) is 49.8 Å². The van der Waals surface area contributed by atoms with Crippen molar-refractivity contribution < 1.29 is 0 Å². The lowest BCUT2D eigenvalue weighted by molar-refractivity contribution is 0.609. The van der Waals surface area contributed by atoms with E-state index in [0.717, 1.165) is 0 Å². The summed E-state index contributed by atoms with van der Waals surface area (Å²) in [6, 6.07) is 4.39. The summed E-state index contributed by atoms with van der Waals surface area (Å²) in [5.74, 6) is 0. The smallest absolute Gasteiger partial charge is 0.0697 e. The second-order valence-electron chi connectivity index (χ2n) is 3.78. The van der Waals surface area contributed by atoms with E-state index >= 15 is 0 Å². The molecule has 1 aromatic rings. The Kier molecular flexibility index (Phi) is 8.02. The zero-order valence-corrected chi connectivity index (χ0v) is 12.9. The summed E-state index contributed by atoms with van der Waals surface area (Å²) in [4.78, 5) is 1.54. The lowest BCUT2D eigenvalue weighted by atomic mass is 10.1. The topological polar surface area (TPSA) is 0 Å². The summed E-state index contributed by atoms with van der Waals surface area (Å²) >= 11 is 8.89. The van der Waals surface area contributed by atoms with E-state index in [1.807, 2.05) is 11.3 Å². The molecule has 0 nitrogen and oxygen atoms in total. The molecule has 0 aliphatic heterocycles. The van der Waals surface area contributed by atoms with Crippen molar-refractivity contribution in [1.82, 2.24) is 0 Å². The molecule has 86 valence electrons. The fourth-order valence-electron chi connectivity index (χ4n) is 1.58. The maximum Gasteiger partial charge on any atom is 0.0697 e. The predicted molar refractivity (Wildman–Crippen MR) is 77.4 cm³/mol. The molecule has 0 saturated heterocycles. The third kappa shape index (κ3) is 7.53. The van der Waals surface area contributed by atoms with Gasteiger partial charge >= 0.3 is 0 Å². The quantitative estimate of drug-likeness (QED) is 0.412. The number of hydrogen-bond acceptors (Lipinski definition) is 1. The van der Waals surface area contributed by atoms with Gasteiger partial charge in [0.05, 0.1) is 3.74 Å². The highest BCUT2D eigenvalue weighted by molar-refractivity contribution is 9.24. The first-order chi connectivity index (χ1) is 7.29. The minimum absolute atomic E-state index is 0.510. The van der Waals surface area contributed by atoms with Crippen molar-refractivity contribution in [2.75, 3.05) is 0 Å². The summed E-state index contributed by atoms with van der Waals surface area (Å²) in [5, 5.41) is 2.17. The zero-order chi connectivity index (χ0) is 10.9. The van der Waals surface area contributed by atoms with Gasteiger partial charge in [-0.1, -0.05) is 63.6 Å². The van der Waals surface area contributed by atoms with Crippen molar-refractivity contribution in [1.29, 1.82) is 0 Å². The van der Waals surface area contributed by atoms with Crippen LogP contribution in [0.1, 0.15) is 43.4 Å². The molecule has 0 bridgehead atoms. The molecule has 0 aromatic carbocycles. The molecule has 0 unspecified atom stereocenters. The molecule has 0 atom stereocenters. The van der Waals surface area contributed by atoms with Gasteiger partial charge in [0, 0.05) is 4.88 Å². The molecule has 0 aliphatic rings. The Hall–Kier alpha value is 0.660. The monoisotopic (exact) mass is 352 g/mol. The number of thiophene rings is 1. The fourth-order valence-corrected chi connectivity index (χ4v) is 2.98. The molecule has 0 fully saturated rings. The average molecular weight is 354 g/mol. The van der Waals surface area contributed by atoms with E-state index in [2.05, 4.69) is 49.4 Å².